The van der Waals surface area contributed by atoms with Gasteiger partial charge in [0.2, 0.25) is 0 Å². The highest BCUT2D eigenvalue weighted by molar-refractivity contribution is 6.01. The van der Waals surface area contributed by atoms with Crippen LogP contribution in [0, 0.1) is 28.4 Å². The molecule has 0 atom stereocenters. The Morgan fingerprint density at radius 2 is 1.97 bits per heavy atom. The number of hydrogen-bond acceptors (Lipinski definition) is 6. The summed E-state index contributed by atoms with van der Waals surface area (Å²) in [5.41, 5.74) is 2.12. The Labute approximate surface area is 178 Å². The number of methoxy groups -OCH3 is 1. The molecule has 1 N–H and O–H groups in total. The normalized spacial score (nSPS) is 10.9. The Morgan fingerprint density at radius 1 is 1.23 bits per heavy atom. The first-order valence-corrected chi connectivity index (χ1v) is 9.29. The maximum Gasteiger partial charge on any atom is 0.269 e. The quantitative estimate of drug-likeness (QED) is 0.263. The molecule has 156 valence electrons. The van der Waals surface area contributed by atoms with Gasteiger partial charge in [-0.2, -0.15) is 5.26 Å². The predicted molar refractivity (Wildman–Crippen MR) is 114 cm³/mol. The topological polar surface area (TPSA) is 118 Å². The lowest BCUT2D eigenvalue weighted by atomic mass is 10.1. The first-order chi connectivity index (χ1) is 14.9. The molecule has 0 radical (unpaired) electrons. The Balaban J connectivity index is 1.72. The van der Waals surface area contributed by atoms with Gasteiger partial charge in [-0.3, -0.25) is 14.9 Å². The van der Waals surface area contributed by atoms with Crippen molar-refractivity contribution in [3.8, 4) is 23.1 Å². The zero-order valence-corrected chi connectivity index (χ0v) is 16.9. The number of rotatable bonds is 7. The number of non-ortho nitro benzene ring substituents is 1. The highest BCUT2D eigenvalue weighted by Gasteiger charge is 2.14. The number of benzene rings is 2. The average molecular weight is 417 g/mol. The summed E-state index contributed by atoms with van der Waals surface area (Å²) in [5, 5.41) is 23.0. The fourth-order valence-electron chi connectivity index (χ4n) is 2.92. The molecule has 1 heterocycles. The Bertz CT molecular complexity index is 1190. The minimum atomic E-state index is -0.525. The number of nitro benzene ring substituents is 1. The zero-order valence-electron chi connectivity index (χ0n) is 16.9. The van der Waals surface area contributed by atoms with Crippen molar-refractivity contribution in [3.05, 3.63) is 87.2 Å². The molecule has 1 amide bonds. The molecular weight excluding hydrogens is 398 g/mol. The number of amides is 1. The largest absolute Gasteiger partial charge is 0.497 e. The van der Waals surface area contributed by atoms with Gasteiger partial charge >= 0.3 is 0 Å². The van der Waals surface area contributed by atoms with E-state index in [-0.39, 0.29) is 17.8 Å². The van der Waals surface area contributed by atoms with Crippen LogP contribution < -0.4 is 10.1 Å². The van der Waals surface area contributed by atoms with Crippen molar-refractivity contribution in [3.63, 3.8) is 0 Å². The smallest absolute Gasteiger partial charge is 0.269 e. The van der Waals surface area contributed by atoms with E-state index in [4.69, 9.17) is 9.15 Å². The average Bonchev–Trinajstić information content (AvgIpc) is 3.24. The van der Waals surface area contributed by atoms with Gasteiger partial charge in [-0.05, 0) is 48.4 Å². The number of nitro groups is 1. The number of furan rings is 1. The van der Waals surface area contributed by atoms with Crippen LogP contribution in [-0.4, -0.2) is 17.9 Å². The van der Waals surface area contributed by atoms with Crippen molar-refractivity contribution in [1.29, 1.82) is 5.26 Å². The second-order valence-electron chi connectivity index (χ2n) is 6.66. The van der Waals surface area contributed by atoms with Crippen LogP contribution in [0.5, 0.6) is 5.75 Å². The van der Waals surface area contributed by atoms with Gasteiger partial charge in [0, 0.05) is 30.3 Å². The van der Waals surface area contributed by atoms with E-state index < -0.39 is 10.8 Å². The van der Waals surface area contributed by atoms with Gasteiger partial charge in [-0.1, -0.05) is 12.1 Å². The maximum atomic E-state index is 12.4. The van der Waals surface area contributed by atoms with Crippen LogP contribution in [0.25, 0.3) is 17.4 Å². The number of hydrogen-bond donors (Lipinski definition) is 1. The number of aryl methyl sites for hydroxylation is 1. The molecule has 8 heteroatoms. The number of nitrogens with one attached hydrogen (secondary N) is 1. The minimum Gasteiger partial charge on any atom is -0.497 e. The van der Waals surface area contributed by atoms with Gasteiger partial charge in [0.05, 0.1) is 12.0 Å². The third-order valence-electron chi connectivity index (χ3n) is 4.58. The summed E-state index contributed by atoms with van der Waals surface area (Å²) in [4.78, 5) is 22.8. The van der Waals surface area contributed by atoms with Crippen molar-refractivity contribution in [1.82, 2.24) is 5.32 Å². The monoisotopic (exact) mass is 417 g/mol. The minimum absolute atomic E-state index is 0.00627. The molecule has 31 heavy (non-hydrogen) atoms. The van der Waals surface area contributed by atoms with E-state index in [1.807, 2.05) is 18.2 Å². The number of ether oxygens (including phenoxy) is 1. The summed E-state index contributed by atoms with van der Waals surface area (Å²) in [6, 6.07) is 16.9. The van der Waals surface area contributed by atoms with Crippen LogP contribution in [0.4, 0.5) is 5.69 Å². The molecule has 1 aromatic heterocycles. The highest BCUT2D eigenvalue weighted by Crippen LogP contribution is 2.29. The van der Waals surface area contributed by atoms with E-state index in [0.29, 0.717) is 28.4 Å². The van der Waals surface area contributed by atoms with Gasteiger partial charge in [-0.15, -0.1) is 0 Å². The number of carbonyl (C=O) groups is 1. The summed E-state index contributed by atoms with van der Waals surface area (Å²) in [6.07, 6.45) is 1.35. The third kappa shape index (κ3) is 5.16. The summed E-state index contributed by atoms with van der Waals surface area (Å²) < 4.78 is 10.8. The molecule has 0 unspecified atom stereocenters. The van der Waals surface area contributed by atoms with Crippen LogP contribution in [-0.2, 0) is 11.3 Å². The standard InChI is InChI=1S/C23H19N3O5/c1-15-11-18(26(28)29)5-9-21(15)22-10-8-20(31-22)12-17(13-24)23(27)25-14-16-3-6-19(30-2)7-4-16/h3-12H,14H2,1-2H3,(H,25,27)/b17-12+. The summed E-state index contributed by atoms with van der Waals surface area (Å²) in [7, 11) is 1.57. The van der Waals surface area contributed by atoms with Crippen LogP contribution in [0.15, 0.2) is 64.6 Å². The molecule has 0 fully saturated rings. The molecule has 0 spiro atoms. The van der Waals surface area contributed by atoms with Crippen LogP contribution in [0.2, 0.25) is 0 Å². The van der Waals surface area contributed by atoms with Crippen molar-refractivity contribution in [2.24, 2.45) is 0 Å². The Morgan fingerprint density at radius 3 is 2.58 bits per heavy atom. The van der Waals surface area contributed by atoms with Gasteiger partial charge in [0.15, 0.2) is 0 Å². The fraction of sp³-hybridized carbons (Fsp3) is 0.130. The fourth-order valence-corrected chi connectivity index (χ4v) is 2.92. The van der Waals surface area contributed by atoms with Crippen LogP contribution in [0.3, 0.4) is 0 Å². The van der Waals surface area contributed by atoms with Crippen molar-refractivity contribution in [2.45, 2.75) is 13.5 Å². The summed E-state index contributed by atoms with van der Waals surface area (Å²) in [6.45, 7) is 2.00. The first kappa shape index (κ1) is 21.3. The van der Waals surface area contributed by atoms with Crippen molar-refractivity contribution >= 4 is 17.7 Å². The summed E-state index contributed by atoms with van der Waals surface area (Å²) in [5.74, 6) is 0.992. The predicted octanol–water partition coefficient (Wildman–Crippen LogP) is 4.40. The Hall–Kier alpha value is -4.38. The van der Waals surface area contributed by atoms with E-state index in [1.165, 1.54) is 18.2 Å². The van der Waals surface area contributed by atoms with Crippen molar-refractivity contribution in [2.75, 3.05) is 7.11 Å². The maximum absolute atomic E-state index is 12.4. The van der Waals surface area contributed by atoms with Gasteiger partial charge < -0.3 is 14.5 Å². The molecule has 0 aliphatic carbocycles. The molecule has 3 rings (SSSR count). The summed E-state index contributed by atoms with van der Waals surface area (Å²) >= 11 is 0. The molecule has 8 nitrogen and oxygen atoms in total. The molecule has 0 aliphatic heterocycles. The number of nitrogens with zero attached hydrogens (tertiary/aromatic N) is 2. The van der Waals surface area contributed by atoms with E-state index in [0.717, 1.165) is 5.56 Å². The van der Waals surface area contributed by atoms with Gasteiger partial charge in [-0.25, -0.2) is 0 Å². The molecule has 3 aromatic rings. The van der Waals surface area contributed by atoms with Crippen molar-refractivity contribution < 1.29 is 18.9 Å². The molecule has 0 saturated heterocycles. The third-order valence-corrected chi connectivity index (χ3v) is 4.58. The van der Waals surface area contributed by atoms with E-state index in [1.54, 1.807) is 44.4 Å². The van der Waals surface area contributed by atoms with Gasteiger partial charge in [0.1, 0.15) is 28.9 Å². The molecule has 2 aromatic carbocycles. The second-order valence-corrected chi connectivity index (χ2v) is 6.66. The second kappa shape index (κ2) is 9.41. The molecular formula is C23H19N3O5. The molecule has 0 saturated carbocycles. The Kier molecular flexibility index (Phi) is 6.48. The number of carbonyl (C=O) groups excluding carboxylic acids is 1. The lowest BCUT2D eigenvalue weighted by Gasteiger charge is -2.05. The lowest BCUT2D eigenvalue weighted by molar-refractivity contribution is -0.384. The number of nitriles is 1. The highest BCUT2D eigenvalue weighted by atomic mass is 16.6. The SMILES string of the molecule is COc1ccc(CNC(=O)/C(C#N)=C/c2ccc(-c3ccc([N+](=O)[O-])cc3C)o2)cc1. The van der Waals surface area contributed by atoms with Crippen LogP contribution in [0.1, 0.15) is 16.9 Å². The van der Waals surface area contributed by atoms with E-state index in [9.17, 15) is 20.2 Å². The van der Waals surface area contributed by atoms with Crippen LogP contribution >= 0.6 is 0 Å². The lowest BCUT2D eigenvalue weighted by Crippen LogP contribution is -2.23. The van der Waals surface area contributed by atoms with E-state index >= 15 is 0 Å². The zero-order chi connectivity index (χ0) is 22.4. The first-order valence-electron chi connectivity index (χ1n) is 9.29. The molecule has 0 bridgehead atoms. The van der Waals surface area contributed by atoms with E-state index in [2.05, 4.69) is 5.32 Å². The molecule has 0 aliphatic rings. The van der Waals surface area contributed by atoms with Gasteiger partial charge in [0.25, 0.3) is 11.6 Å².